The molecule has 1 aliphatic rings. The van der Waals surface area contributed by atoms with Crippen LogP contribution in [0.3, 0.4) is 0 Å². The van der Waals surface area contributed by atoms with Gasteiger partial charge >= 0.3 is 0 Å². The average molecular weight is 331 g/mol. The standard InChI is InChI=1S/C18H21NO3S/c1-21-15-4-5-16(22-2)13(11-15)3-6-18(20)19-9-7-17-14(12-19)8-10-23-17/h4-5,8,10-11H,3,6-7,9,12H2,1-2H3. The molecule has 23 heavy (non-hydrogen) atoms. The van der Waals surface area contributed by atoms with Crippen molar-refractivity contribution in [3.05, 3.63) is 45.6 Å². The van der Waals surface area contributed by atoms with Gasteiger partial charge in [-0.3, -0.25) is 4.79 Å². The van der Waals surface area contributed by atoms with Gasteiger partial charge in [-0.15, -0.1) is 11.3 Å². The van der Waals surface area contributed by atoms with Gasteiger partial charge in [0.05, 0.1) is 14.2 Å². The number of benzene rings is 1. The molecule has 1 aromatic carbocycles. The van der Waals surface area contributed by atoms with Crippen LogP contribution in [-0.2, 0) is 24.2 Å². The van der Waals surface area contributed by atoms with Crippen LogP contribution >= 0.6 is 11.3 Å². The summed E-state index contributed by atoms with van der Waals surface area (Å²) in [6.45, 7) is 1.56. The summed E-state index contributed by atoms with van der Waals surface area (Å²) in [4.78, 5) is 15.9. The van der Waals surface area contributed by atoms with E-state index in [2.05, 4.69) is 11.4 Å². The van der Waals surface area contributed by atoms with Gasteiger partial charge in [-0.25, -0.2) is 0 Å². The fraction of sp³-hybridized carbons (Fsp3) is 0.389. The van der Waals surface area contributed by atoms with Crippen LogP contribution in [0, 0.1) is 0 Å². The fourth-order valence-electron chi connectivity index (χ4n) is 2.94. The highest BCUT2D eigenvalue weighted by atomic mass is 32.1. The lowest BCUT2D eigenvalue weighted by molar-refractivity contribution is -0.132. The number of fused-ring (bicyclic) bond motifs is 1. The van der Waals surface area contributed by atoms with Gasteiger partial charge in [-0.1, -0.05) is 0 Å². The van der Waals surface area contributed by atoms with E-state index >= 15 is 0 Å². The molecule has 5 heteroatoms. The number of aryl methyl sites for hydroxylation is 1. The molecule has 1 aliphatic heterocycles. The third-order valence-corrected chi connectivity index (χ3v) is 5.28. The third-order valence-electron chi connectivity index (χ3n) is 4.26. The lowest BCUT2D eigenvalue weighted by Gasteiger charge is -2.27. The minimum Gasteiger partial charge on any atom is -0.497 e. The van der Waals surface area contributed by atoms with Crippen LogP contribution in [0.1, 0.15) is 22.4 Å². The van der Waals surface area contributed by atoms with E-state index < -0.39 is 0 Å². The van der Waals surface area contributed by atoms with E-state index in [0.29, 0.717) is 12.8 Å². The number of hydrogen-bond acceptors (Lipinski definition) is 4. The number of thiophene rings is 1. The molecule has 0 saturated heterocycles. The summed E-state index contributed by atoms with van der Waals surface area (Å²) in [5, 5.41) is 2.11. The molecule has 2 heterocycles. The quantitative estimate of drug-likeness (QED) is 0.844. The summed E-state index contributed by atoms with van der Waals surface area (Å²) in [5.41, 5.74) is 2.31. The first-order valence-corrected chi connectivity index (χ1v) is 8.63. The van der Waals surface area contributed by atoms with Gasteiger partial charge < -0.3 is 14.4 Å². The second kappa shape index (κ2) is 7.04. The van der Waals surface area contributed by atoms with Crippen LogP contribution < -0.4 is 9.47 Å². The van der Waals surface area contributed by atoms with Crippen molar-refractivity contribution in [2.75, 3.05) is 20.8 Å². The Morgan fingerprint density at radius 1 is 1.26 bits per heavy atom. The number of nitrogens with zero attached hydrogens (tertiary/aromatic N) is 1. The number of amides is 1. The van der Waals surface area contributed by atoms with Crippen molar-refractivity contribution in [3.63, 3.8) is 0 Å². The molecule has 0 radical (unpaired) electrons. The van der Waals surface area contributed by atoms with Crippen molar-refractivity contribution in [1.82, 2.24) is 4.90 Å². The number of carbonyl (C=O) groups is 1. The molecular formula is C18H21NO3S. The molecule has 0 fully saturated rings. The Hall–Kier alpha value is -2.01. The van der Waals surface area contributed by atoms with Crippen molar-refractivity contribution in [2.24, 2.45) is 0 Å². The maximum absolute atomic E-state index is 12.5. The number of carbonyl (C=O) groups excluding carboxylic acids is 1. The topological polar surface area (TPSA) is 38.8 Å². The highest BCUT2D eigenvalue weighted by Gasteiger charge is 2.21. The van der Waals surface area contributed by atoms with Crippen molar-refractivity contribution in [1.29, 1.82) is 0 Å². The largest absolute Gasteiger partial charge is 0.497 e. The van der Waals surface area contributed by atoms with Crippen LogP contribution in [0.2, 0.25) is 0 Å². The van der Waals surface area contributed by atoms with Crippen LogP contribution in [0.4, 0.5) is 0 Å². The van der Waals surface area contributed by atoms with Gasteiger partial charge in [0.25, 0.3) is 0 Å². The Morgan fingerprint density at radius 3 is 2.91 bits per heavy atom. The van der Waals surface area contributed by atoms with Crippen molar-refractivity contribution in [2.45, 2.75) is 25.8 Å². The summed E-state index contributed by atoms with van der Waals surface area (Å²) in [5.74, 6) is 1.79. The molecule has 1 amide bonds. The van der Waals surface area contributed by atoms with E-state index in [1.807, 2.05) is 23.1 Å². The monoisotopic (exact) mass is 331 g/mol. The average Bonchev–Trinajstić information content (AvgIpc) is 3.06. The Labute approximate surface area is 140 Å². The predicted molar refractivity (Wildman–Crippen MR) is 91.3 cm³/mol. The number of rotatable bonds is 5. The highest BCUT2D eigenvalue weighted by Crippen LogP contribution is 2.27. The zero-order chi connectivity index (χ0) is 16.2. The summed E-state index contributed by atoms with van der Waals surface area (Å²) in [6.07, 6.45) is 2.12. The van der Waals surface area contributed by atoms with Gasteiger partial charge in [-0.05, 0) is 53.6 Å². The third kappa shape index (κ3) is 3.50. The molecule has 0 spiro atoms. The Bertz CT molecular complexity index is 695. The normalized spacial score (nSPS) is 13.6. The Morgan fingerprint density at radius 2 is 2.13 bits per heavy atom. The molecule has 0 N–H and O–H groups in total. The van der Waals surface area contributed by atoms with E-state index in [-0.39, 0.29) is 5.91 Å². The van der Waals surface area contributed by atoms with Crippen LogP contribution in [0.25, 0.3) is 0 Å². The molecular weight excluding hydrogens is 310 g/mol. The maximum Gasteiger partial charge on any atom is 0.223 e. The van der Waals surface area contributed by atoms with Crippen LogP contribution in [-0.4, -0.2) is 31.6 Å². The zero-order valence-corrected chi connectivity index (χ0v) is 14.3. The van der Waals surface area contributed by atoms with Gasteiger partial charge in [0.1, 0.15) is 11.5 Å². The minimum atomic E-state index is 0.201. The van der Waals surface area contributed by atoms with Crippen molar-refractivity contribution in [3.8, 4) is 11.5 Å². The first-order chi connectivity index (χ1) is 11.2. The van der Waals surface area contributed by atoms with E-state index in [0.717, 1.165) is 36.6 Å². The molecule has 3 rings (SSSR count). The van der Waals surface area contributed by atoms with Crippen molar-refractivity contribution < 1.29 is 14.3 Å². The molecule has 0 aliphatic carbocycles. The molecule has 122 valence electrons. The van der Waals surface area contributed by atoms with E-state index in [4.69, 9.17) is 9.47 Å². The second-order valence-corrected chi connectivity index (χ2v) is 6.61. The molecule has 2 aromatic rings. The van der Waals surface area contributed by atoms with E-state index in [9.17, 15) is 4.79 Å². The Balaban J connectivity index is 1.63. The molecule has 0 bridgehead atoms. The van der Waals surface area contributed by atoms with E-state index in [1.165, 1.54) is 10.4 Å². The number of methoxy groups -OCH3 is 2. The maximum atomic E-state index is 12.5. The summed E-state index contributed by atoms with van der Waals surface area (Å²) < 4.78 is 10.6. The number of ether oxygens (including phenoxy) is 2. The second-order valence-electron chi connectivity index (χ2n) is 5.61. The van der Waals surface area contributed by atoms with Gasteiger partial charge in [-0.2, -0.15) is 0 Å². The minimum absolute atomic E-state index is 0.201. The first-order valence-electron chi connectivity index (χ1n) is 7.75. The smallest absolute Gasteiger partial charge is 0.223 e. The lowest BCUT2D eigenvalue weighted by atomic mass is 10.1. The molecule has 1 aromatic heterocycles. The molecule has 0 unspecified atom stereocenters. The zero-order valence-electron chi connectivity index (χ0n) is 13.5. The van der Waals surface area contributed by atoms with Crippen LogP contribution in [0.5, 0.6) is 11.5 Å². The van der Waals surface area contributed by atoms with Crippen LogP contribution in [0.15, 0.2) is 29.6 Å². The molecule has 4 nitrogen and oxygen atoms in total. The van der Waals surface area contributed by atoms with E-state index in [1.54, 1.807) is 25.6 Å². The lowest BCUT2D eigenvalue weighted by Crippen LogP contribution is -2.35. The summed E-state index contributed by atoms with van der Waals surface area (Å²) in [7, 11) is 3.29. The SMILES string of the molecule is COc1ccc(OC)c(CCC(=O)N2CCc3sccc3C2)c1. The van der Waals surface area contributed by atoms with Crippen molar-refractivity contribution >= 4 is 17.2 Å². The molecule has 0 atom stereocenters. The summed E-state index contributed by atoms with van der Waals surface area (Å²) >= 11 is 1.79. The fourth-order valence-corrected chi connectivity index (χ4v) is 3.83. The number of hydrogen-bond donors (Lipinski definition) is 0. The predicted octanol–water partition coefficient (Wildman–Crippen LogP) is 3.28. The highest BCUT2D eigenvalue weighted by molar-refractivity contribution is 7.10. The van der Waals surface area contributed by atoms with Gasteiger partial charge in [0.2, 0.25) is 5.91 Å². The summed E-state index contributed by atoms with van der Waals surface area (Å²) in [6, 6.07) is 7.83. The van der Waals surface area contributed by atoms with Gasteiger partial charge in [0, 0.05) is 24.4 Å². The van der Waals surface area contributed by atoms with Gasteiger partial charge in [0.15, 0.2) is 0 Å². The Kier molecular flexibility index (Phi) is 4.86. The first kappa shape index (κ1) is 15.9. The molecule has 0 saturated carbocycles.